The van der Waals surface area contributed by atoms with E-state index in [1.54, 1.807) is 5.57 Å². The Morgan fingerprint density at radius 1 is 1.03 bits per heavy atom. The molecule has 3 aliphatic rings. The van der Waals surface area contributed by atoms with Crippen molar-refractivity contribution in [3.05, 3.63) is 47.6 Å². The number of allylic oxidation sites excluding steroid dienone is 5. The molecule has 0 spiro atoms. The lowest BCUT2D eigenvalue weighted by molar-refractivity contribution is 0.0438. The zero-order chi connectivity index (χ0) is 21.2. The zero-order valence-electron chi connectivity index (χ0n) is 19.0. The fourth-order valence-electron chi connectivity index (χ4n) is 5.68. The smallest absolute Gasteiger partial charge is 0.0651 e. The normalized spacial score (nSPS) is 36.0. The van der Waals surface area contributed by atoms with Crippen LogP contribution in [0.3, 0.4) is 0 Å². The molecule has 3 aliphatic carbocycles. The van der Waals surface area contributed by atoms with Gasteiger partial charge in [0.2, 0.25) is 0 Å². The van der Waals surface area contributed by atoms with Crippen molar-refractivity contribution < 1.29 is 10.2 Å². The molecule has 29 heavy (non-hydrogen) atoms. The zero-order valence-corrected chi connectivity index (χ0v) is 19.0. The molecule has 0 saturated heterocycles. The van der Waals surface area contributed by atoms with E-state index >= 15 is 0 Å². The van der Waals surface area contributed by atoms with Crippen molar-refractivity contribution in [2.24, 2.45) is 29.6 Å². The van der Waals surface area contributed by atoms with Crippen LogP contribution in [0, 0.1) is 29.6 Å². The maximum absolute atomic E-state index is 10.2. The summed E-state index contributed by atoms with van der Waals surface area (Å²) in [6.07, 6.45) is 18.1. The molecule has 0 aromatic carbocycles. The van der Waals surface area contributed by atoms with E-state index in [0.717, 1.165) is 37.0 Å². The second kappa shape index (κ2) is 9.35. The van der Waals surface area contributed by atoms with E-state index in [1.165, 1.54) is 43.3 Å². The molecule has 0 heterocycles. The molecule has 0 amide bonds. The average molecular weight is 399 g/mol. The van der Waals surface area contributed by atoms with E-state index in [2.05, 4.69) is 44.7 Å². The molecular weight excluding hydrogens is 356 g/mol. The lowest BCUT2D eigenvalue weighted by Crippen LogP contribution is -2.27. The lowest BCUT2D eigenvalue weighted by Gasteiger charge is -2.34. The Morgan fingerprint density at radius 3 is 2.52 bits per heavy atom. The molecule has 3 saturated carbocycles. The average Bonchev–Trinajstić information content (AvgIpc) is 3.10. The highest BCUT2D eigenvalue weighted by atomic mass is 16.3. The monoisotopic (exact) mass is 398 g/mol. The summed E-state index contributed by atoms with van der Waals surface area (Å²) in [6, 6.07) is 0. The van der Waals surface area contributed by atoms with Crippen LogP contribution in [0.25, 0.3) is 0 Å². The van der Waals surface area contributed by atoms with Crippen LogP contribution in [-0.2, 0) is 0 Å². The van der Waals surface area contributed by atoms with Gasteiger partial charge in [-0.15, -0.1) is 0 Å². The van der Waals surface area contributed by atoms with E-state index in [-0.39, 0.29) is 12.0 Å². The Hall–Kier alpha value is -1.12. The first kappa shape index (κ1) is 22.6. The Morgan fingerprint density at radius 2 is 1.79 bits per heavy atom. The highest BCUT2D eigenvalue weighted by Gasteiger charge is 2.41. The highest BCUT2D eigenvalue weighted by Crippen LogP contribution is 2.51. The fourth-order valence-corrected chi connectivity index (χ4v) is 5.68. The molecule has 6 atom stereocenters. The van der Waals surface area contributed by atoms with Gasteiger partial charge in [-0.3, -0.25) is 0 Å². The summed E-state index contributed by atoms with van der Waals surface area (Å²) in [4.78, 5) is 0. The number of fused-ring (bicyclic) bond motifs is 1. The molecule has 0 aliphatic heterocycles. The standard InChI is InChI=1S/C27H42O2/c1-18-10-14-23(28)17-22(18)13-12-21-7-6-8-26-24(15-16-25(21)26)19(2)9-11-20(3)27(4,5)29/h9,11-13,19-20,23-26,28-29H,1,6-8,10,14-17H2,2-5H3/b11-9+,21-12+,22-13-/t19?,20?,23-,24?,25?,26?/m0/s1. The first-order valence-corrected chi connectivity index (χ1v) is 11.8. The molecule has 3 rings (SSSR count). The quantitative estimate of drug-likeness (QED) is 0.529. The van der Waals surface area contributed by atoms with Gasteiger partial charge in [-0.05, 0) is 94.5 Å². The third kappa shape index (κ3) is 5.52. The maximum atomic E-state index is 10.2. The van der Waals surface area contributed by atoms with E-state index in [1.807, 2.05) is 13.8 Å². The van der Waals surface area contributed by atoms with Gasteiger partial charge in [-0.2, -0.15) is 0 Å². The van der Waals surface area contributed by atoms with Crippen LogP contribution < -0.4 is 0 Å². The number of aliphatic hydroxyl groups excluding tert-OH is 1. The Labute approximate surface area is 178 Å². The summed E-state index contributed by atoms with van der Waals surface area (Å²) in [7, 11) is 0. The van der Waals surface area contributed by atoms with Gasteiger partial charge in [0, 0.05) is 5.92 Å². The predicted octanol–water partition coefficient (Wildman–Crippen LogP) is 6.37. The van der Waals surface area contributed by atoms with Gasteiger partial charge in [-0.1, -0.05) is 55.9 Å². The SMILES string of the molecule is C=C1CC[C@H](O)C/C1=C/C=C1\CCCC2C1CCC2C(C)/C=C/C(C)C(C)(C)O. The summed E-state index contributed by atoms with van der Waals surface area (Å²) in [5.74, 6) is 3.03. The van der Waals surface area contributed by atoms with E-state index in [9.17, 15) is 10.2 Å². The summed E-state index contributed by atoms with van der Waals surface area (Å²) >= 11 is 0. The third-order valence-electron chi connectivity index (χ3n) is 8.04. The second-order valence-electron chi connectivity index (χ2n) is 10.5. The molecule has 0 aromatic rings. The molecule has 162 valence electrons. The molecule has 5 unspecified atom stereocenters. The van der Waals surface area contributed by atoms with E-state index < -0.39 is 5.60 Å². The van der Waals surface area contributed by atoms with Crippen LogP contribution in [0.4, 0.5) is 0 Å². The van der Waals surface area contributed by atoms with Gasteiger partial charge in [0.1, 0.15) is 0 Å². The van der Waals surface area contributed by atoms with Crippen molar-refractivity contribution in [3.63, 3.8) is 0 Å². The molecule has 2 heteroatoms. The second-order valence-corrected chi connectivity index (χ2v) is 10.5. The highest BCUT2D eigenvalue weighted by molar-refractivity contribution is 5.36. The van der Waals surface area contributed by atoms with Gasteiger partial charge in [0.15, 0.2) is 0 Å². The molecular formula is C27H42O2. The molecule has 3 fully saturated rings. The van der Waals surface area contributed by atoms with Crippen LogP contribution in [0.2, 0.25) is 0 Å². The van der Waals surface area contributed by atoms with Gasteiger partial charge in [0.25, 0.3) is 0 Å². The summed E-state index contributed by atoms with van der Waals surface area (Å²) in [5, 5.41) is 20.2. The summed E-state index contributed by atoms with van der Waals surface area (Å²) in [5.41, 5.74) is 3.44. The molecule has 0 radical (unpaired) electrons. The van der Waals surface area contributed by atoms with Crippen LogP contribution in [0.15, 0.2) is 47.6 Å². The first-order valence-electron chi connectivity index (χ1n) is 11.8. The lowest BCUT2D eigenvalue weighted by atomic mass is 9.71. The van der Waals surface area contributed by atoms with Gasteiger partial charge < -0.3 is 10.2 Å². The molecule has 0 aromatic heterocycles. The number of hydrogen-bond acceptors (Lipinski definition) is 2. The minimum Gasteiger partial charge on any atom is -0.393 e. The Kier molecular flexibility index (Phi) is 7.27. The number of hydrogen-bond donors (Lipinski definition) is 2. The van der Waals surface area contributed by atoms with Crippen LogP contribution >= 0.6 is 0 Å². The van der Waals surface area contributed by atoms with Gasteiger partial charge in [0.05, 0.1) is 11.7 Å². The molecule has 2 nitrogen and oxygen atoms in total. The van der Waals surface area contributed by atoms with Gasteiger partial charge >= 0.3 is 0 Å². The van der Waals surface area contributed by atoms with E-state index in [4.69, 9.17) is 0 Å². The van der Waals surface area contributed by atoms with Crippen molar-refractivity contribution in [1.82, 2.24) is 0 Å². The van der Waals surface area contributed by atoms with Crippen LogP contribution in [0.5, 0.6) is 0 Å². The number of aliphatic hydroxyl groups is 2. The maximum Gasteiger partial charge on any atom is 0.0651 e. The van der Waals surface area contributed by atoms with Crippen molar-refractivity contribution in [1.29, 1.82) is 0 Å². The largest absolute Gasteiger partial charge is 0.393 e. The van der Waals surface area contributed by atoms with Crippen LogP contribution in [0.1, 0.15) is 79.1 Å². The summed E-state index contributed by atoms with van der Waals surface area (Å²) < 4.78 is 0. The Bertz CT molecular complexity index is 675. The van der Waals surface area contributed by atoms with E-state index in [0.29, 0.717) is 5.92 Å². The van der Waals surface area contributed by atoms with Crippen molar-refractivity contribution >= 4 is 0 Å². The first-order chi connectivity index (χ1) is 13.7. The molecule has 0 bridgehead atoms. The van der Waals surface area contributed by atoms with Crippen molar-refractivity contribution in [3.8, 4) is 0 Å². The predicted molar refractivity (Wildman–Crippen MR) is 122 cm³/mol. The third-order valence-corrected chi connectivity index (χ3v) is 8.04. The van der Waals surface area contributed by atoms with Gasteiger partial charge in [-0.25, -0.2) is 0 Å². The number of rotatable bonds is 5. The Balaban J connectivity index is 1.68. The minimum absolute atomic E-state index is 0.175. The minimum atomic E-state index is -0.653. The molecule has 2 N–H and O–H groups in total. The topological polar surface area (TPSA) is 40.5 Å². The van der Waals surface area contributed by atoms with Crippen molar-refractivity contribution in [2.75, 3.05) is 0 Å². The fraction of sp³-hybridized carbons (Fsp3) is 0.704. The van der Waals surface area contributed by atoms with Crippen molar-refractivity contribution in [2.45, 2.75) is 90.8 Å². The van der Waals surface area contributed by atoms with Crippen LogP contribution in [-0.4, -0.2) is 21.9 Å². The summed E-state index contributed by atoms with van der Waals surface area (Å²) in [6.45, 7) is 12.5.